The van der Waals surface area contributed by atoms with Crippen molar-refractivity contribution in [2.45, 2.75) is 12.2 Å². The van der Waals surface area contributed by atoms with E-state index in [0.717, 1.165) is 11.3 Å². The third-order valence-corrected chi connectivity index (χ3v) is 2.96. The van der Waals surface area contributed by atoms with E-state index in [1.54, 1.807) is 6.07 Å². The number of rotatable bonds is 1. The third-order valence-electron chi connectivity index (χ3n) is 1.25. The monoisotopic (exact) mass is 259 g/mol. The molecule has 2 N–H and O–H groups in total. The van der Waals surface area contributed by atoms with Gasteiger partial charge >= 0.3 is 6.18 Å². The minimum absolute atomic E-state index is 0.120. The molecule has 12 heavy (non-hydrogen) atoms. The fourth-order valence-electron chi connectivity index (χ4n) is 0.657. The highest BCUT2D eigenvalue weighted by Crippen LogP contribution is 2.35. The van der Waals surface area contributed by atoms with Gasteiger partial charge in [0.1, 0.15) is 6.04 Å². The molecule has 0 bridgehead atoms. The molecule has 1 atom stereocenters. The molecule has 6 heteroatoms. The summed E-state index contributed by atoms with van der Waals surface area (Å²) in [5, 5.41) is 0. The third kappa shape index (κ3) is 2.21. The summed E-state index contributed by atoms with van der Waals surface area (Å²) in [7, 11) is 0. The number of alkyl halides is 3. The van der Waals surface area contributed by atoms with Crippen molar-refractivity contribution in [3.05, 3.63) is 20.8 Å². The summed E-state index contributed by atoms with van der Waals surface area (Å²) in [5.41, 5.74) is 4.95. The number of hydrogen-bond acceptors (Lipinski definition) is 2. The summed E-state index contributed by atoms with van der Waals surface area (Å²) < 4.78 is 36.7. The second kappa shape index (κ2) is 3.35. The molecule has 0 saturated heterocycles. The van der Waals surface area contributed by atoms with Crippen LogP contribution in [0.5, 0.6) is 0 Å². The molecule has 0 saturated carbocycles. The second-order valence-corrected chi connectivity index (χ2v) is 4.66. The van der Waals surface area contributed by atoms with Gasteiger partial charge in [-0.15, -0.1) is 11.3 Å². The molecule has 0 aliphatic heterocycles. The second-order valence-electron chi connectivity index (χ2n) is 2.16. The molecular formula is C6H5BrF3NS. The van der Waals surface area contributed by atoms with Crippen molar-refractivity contribution < 1.29 is 13.2 Å². The van der Waals surface area contributed by atoms with Crippen molar-refractivity contribution >= 4 is 27.3 Å². The molecule has 0 amide bonds. The minimum atomic E-state index is -4.36. The summed E-state index contributed by atoms with van der Waals surface area (Å²) >= 11 is 4.06. The average Bonchev–Trinajstić information content (AvgIpc) is 2.32. The first-order valence-electron chi connectivity index (χ1n) is 2.99. The van der Waals surface area contributed by atoms with Gasteiger partial charge in [0.2, 0.25) is 0 Å². The average molecular weight is 260 g/mol. The smallest absolute Gasteiger partial charge is 0.316 e. The Kier molecular flexibility index (Phi) is 2.80. The normalized spacial score (nSPS) is 14.8. The van der Waals surface area contributed by atoms with E-state index in [4.69, 9.17) is 5.73 Å². The zero-order valence-corrected chi connectivity index (χ0v) is 8.13. The lowest BCUT2D eigenvalue weighted by molar-refractivity contribution is -0.148. The first-order valence-corrected chi connectivity index (χ1v) is 4.60. The van der Waals surface area contributed by atoms with Crippen LogP contribution in [0.3, 0.4) is 0 Å². The Morgan fingerprint density at radius 3 is 2.33 bits per heavy atom. The van der Waals surface area contributed by atoms with E-state index < -0.39 is 12.2 Å². The van der Waals surface area contributed by atoms with E-state index in [2.05, 4.69) is 15.9 Å². The van der Waals surface area contributed by atoms with Crippen LogP contribution in [0, 0.1) is 0 Å². The van der Waals surface area contributed by atoms with Gasteiger partial charge in [0, 0.05) is 4.88 Å². The van der Waals surface area contributed by atoms with Gasteiger partial charge in [0.05, 0.1) is 3.79 Å². The molecular weight excluding hydrogens is 255 g/mol. The van der Waals surface area contributed by atoms with Crippen LogP contribution in [-0.4, -0.2) is 6.18 Å². The van der Waals surface area contributed by atoms with Crippen molar-refractivity contribution in [3.8, 4) is 0 Å². The summed E-state index contributed by atoms with van der Waals surface area (Å²) in [6.07, 6.45) is -4.36. The molecule has 1 heterocycles. The molecule has 0 radical (unpaired) electrons. The van der Waals surface area contributed by atoms with Crippen molar-refractivity contribution in [3.63, 3.8) is 0 Å². The Labute approximate surface area is 79.5 Å². The Morgan fingerprint density at radius 2 is 2.00 bits per heavy atom. The minimum Gasteiger partial charge on any atom is -0.316 e. The highest BCUT2D eigenvalue weighted by atomic mass is 79.9. The molecule has 1 nitrogen and oxygen atoms in total. The Morgan fingerprint density at radius 1 is 1.42 bits per heavy atom. The van der Waals surface area contributed by atoms with Crippen molar-refractivity contribution in [1.29, 1.82) is 0 Å². The molecule has 1 unspecified atom stereocenters. The molecule has 1 aromatic rings. The summed E-state index contributed by atoms with van der Waals surface area (Å²) in [5.74, 6) is 0. The molecule has 1 aromatic heterocycles. The van der Waals surface area contributed by atoms with Crippen LogP contribution >= 0.6 is 27.3 Å². The summed E-state index contributed by atoms with van der Waals surface area (Å²) in [6, 6.07) is 1.05. The molecule has 0 spiro atoms. The van der Waals surface area contributed by atoms with Gasteiger partial charge < -0.3 is 5.73 Å². The summed E-state index contributed by atoms with van der Waals surface area (Å²) in [6.45, 7) is 0. The highest BCUT2D eigenvalue weighted by Gasteiger charge is 2.38. The lowest BCUT2D eigenvalue weighted by Crippen LogP contribution is -2.27. The van der Waals surface area contributed by atoms with E-state index in [1.807, 2.05) is 0 Å². The lowest BCUT2D eigenvalue weighted by Gasteiger charge is -2.12. The zero-order valence-electron chi connectivity index (χ0n) is 5.73. The van der Waals surface area contributed by atoms with Crippen molar-refractivity contribution in [2.24, 2.45) is 5.73 Å². The van der Waals surface area contributed by atoms with Crippen LogP contribution in [0.25, 0.3) is 0 Å². The van der Waals surface area contributed by atoms with Crippen molar-refractivity contribution in [1.82, 2.24) is 0 Å². The van der Waals surface area contributed by atoms with E-state index >= 15 is 0 Å². The predicted molar refractivity (Wildman–Crippen MR) is 45.0 cm³/mol. The van der Waals surface area contributed by atoms with Crippen molar-refractivity contribution in [2.75, 3.05) is 0 Å². The van der Waals surface area contributed by atoms with Crippen LogP contribution in [0.4, 0.5) is 13.2 Å². The van der Waals surface area contributed by atoms with E-state index in [-0.39, 0.29) is 4.88 Å². The summed E-state index contributed by atoms with van der Waals surface area (Å²) in [4.78, 5) is 0.120. The van der Waals surface area contributed by atoms with E-state index in [9.17, 15) is 13.2 Å². The topological polar surface area (TPSA) is 26.0 Å². The van der Waals surface area contributed by atoms with Gasteiger partial charge in [-0.3, -0.25) is 0 Å². The van der Waals surface area contributed by atoms with Crippen LogP contribution in [0.1, 0.15) is 10.9 Å². The molecule has 0 aromatic carbocycles. The molecule has 68 valence electrons. The van der Waals surface area contributed by atoms with Gasteiger partial charge in [0.25, 0.3) is 0 Å². The van der Waals surface area contributed by atoms with E-state index in [1.165, 1.54) is 6.07 Å². The molecule has 0 aliphatic carbocycles. The van der Waals surface area contributed by atoms with Gasteiger partial charge in [-0.2, -0.15) is 13.2 Å². The Hall–Kier alpha value is -0.0700. The SMILES string of the molecule is NC(c1ccc(Br)s1)C(F)(F)F. The zero-order chi connectivity index (χ0) is 9.35. The maximum Gasteiger partial charge on any atom is 0.408 e. The quantitative estimate of drug-likeness (QED) is 0.825. The van der Waals surface area contributed by atoms with Crippen LogP contribution < -0.4 is 5.73 Å². The van der Waals surface area contributed by atoms with Crippen LogP contribution in [-0.2, 0) is 0 Å². The Bertz CT molecular complexity index is 270. The fourth-order valence-corrected chi connectivity index (χ4v) is 2.11. The predicted octanol–water partition coefficient (Wildman–Crippen LogP) is 3.07. The first-order chi connectivity index (χ1) is 5.41. The first kappa shape index (κ1) is 10.0. The largest absolute Gasteiger partial charge is 0.408 e. The number of thiophene rings is 1. The van der Waals surface area contributed by atoms with Gasteiger partial charge in [-0.1, -0.05) is 0 Å². The maximum atomic E-state index is 12.0. The number of halogens is 4. The van der Waals surface area contributed by atoms with Crippen LogP contribution in [0.2, 0.25) is 0 Å². The highest BCUT2D eigenvalue weighted by molar-refractivity contribution is 9.11. The Balaban J connectivity index is 2.85. The van der Waals surface area contributed by atoms with E-state index in [0.29, 0.717) is 3.79 Å². The van der Waals surface area contributed by atoms with Gasteiger partial charge in [-0.05, 0) is 28.1 Å². The van der Waals surface area contributed by atoms with Gasteiger partial charge in [-0.25, -0.2) is 0 Å². The molecule has 0 fully saturated rings. The lowest BCUT2D eigenvalue weighted by atomic mass is 10.2. The number of nitrogens with two attached hydrogens (primary N) is 1. The number of hydrogen-bond donors (Lipinski definition) is 1. The molecule has 0 aliphatic rings. The molecule has 1 rings (SSSR count). The van der Waals surface area contributed by atoms with Crippen LogP contribution in [0.15, 0.2) is 15.9 Å². The maximum absolute atomic E-state index is 12.0. The fraction of sp³-hybridized carbons (Fsp3) is 0.333. The standard InChI is InChI=1S/C6H5BrF3NS/c7-4-2-1-3(12-4)5(11)6(8,9)10/h1-2,5H,11H2. The van der Waals surface area contributed by atoms with Gasteiger partial charge in [0.15, 0.2) is 0 Å².